The average molecular weight is 228 g/mol. The SMILES string of the molecule is CC(C)NCC(=O)NC(C)(C(=O)O)C1CC1. The highest BCUT2D eigenvalue weighted by Crippen LogP contribution is 2.39. The van der Waals surface area contributed by atoms with Crippen LogP contribution in [0, 0.1) is 5.92 Å². The Balaban J connectivity index is 2.49. The summed E-state index contributed by atoms with van der Waals surface area (Å²) in [6.45, 7) is 5.61. The van der Waals surface area contributed by atoms with Gasteiger partial charge in [-0.05, 0) is 25.7 Å². The smallest absolute Gasteiger partial charge is 0.329 e. The lowest BCUT2D eigenvalue weighted by atomic mass is 9.96. The fourth-order valence-corrected chi connectivity index (χ4v) is 1.62. The molecule has 92 valence electrons. The summed E-state index contributed by atoms with van der Waals surface area (Å²) in [5.74, 6) is -1.13. The van der Waals surface area contributed by atoms with Gasteiger partial charge in [0.2, 0.25) is 5.91 Å². The number of carboxylic acids is 1. The van der Waals surface area contributed by atoms with Crippen LogP contribution in [0.15, 0.2) is 0 Å². The lowest BCUT2D eigenvalue weighted by Gasteiger charge is -2.26. The first-order valence-electron chi connectivity index (χ1n) is 5.64. The van der Waals surface area contributed by atoms with Crippen molar-refractivity contribution in [3.8, 4) is 0 Å². The van der Waals surface area contributed by atoms with E-state index in [-0.39, 0.29) is 24.4 Å². The van der Waals surface area contributed by atoms with E-state index >= 15 is 0 Å². The summed E-state index contributed by atoms with van der Waals surface area (Å²) in [6, 6.07) is 0.211. The van der Waals surface area contributed by atoms with Crippen LogP contribution < -0.4 is 10.6 Å². The monoisotopic (exact) mass is 228 g/mol. The minimum Gasteiger partial charge on any atom is -0.480 e. The zero-order valence-electron chi connectivity index (χ0n) is 10.0. The van der Waals surface area contributed by atoms with Crippen molar-refractivity contribution in [1.29, 1.82) is 0 Å². The van der Waals surface area contributed by atoms with Gasteiger partial charge in [0, 0.05) is 6.04 Å². The normalized spacial score (nSPS) is 19.2. The van der Waals surface area contributed by atoms with Crippen molar-refractivity contribution >= 4 is 11.9 Å². The first kappa shape index (κ1) is 13.0. The second kappa shape index (κ2) is 4.82. The molecule has 0 bridgehead atoms. The molecule has 16 heavy (non-hydrogen) atoms. The molecule has 5 nitrogen and oxygen atoms in total. The maximum atomic E-state index is 11.6. The molecule has 1 saturated carbocycles. The Hall–Kier alpha value is -1.10. The molecule has 1 aliphatic carbocycles. The van der Waals surface area contributed by atoms with Crippen molar-refractivity contribution in [2.45, 2.75) is 45.2 Å². The highest BCUT2D eigenvalue weighted by atomic mass is 16.4. The predicted octanol–water partition coefficient (Wildman–Crippen LogP) is 0.354. The van der Waals surface area contributed by atoms with Crippen LogP contribution in [-0.2, 0) is 9.59 Å². The van der Waals surface area contributed by atoms with Gasteiger partial charge in [0.1, 0.15) is 5.54 Å². The molecule has 5 heteroatoms. The fourth-order valence-electron chi connectivity index (χ4n) is 1.62. The van der Waals surface area contributed by atoms with Gasteiger partial charge in [0.05, 0.1) is 6.54 Å². The van der Waals surface area contributed by atoms with Gasteiger partial charge in [-0.2, -0.15) is 0 Å². The van der Waals surface area contributed by atoms with Gasteiger partial charge in [-0.3, -0.25) is 4.79 Å². The average Bonchev–Trinajstić information content (AvgIpc) is 2.97. The molecular formula is C11H20N2O3. The van der Waals surface area contributed by atoms with Crippen LogP contribution >= 0.6 is 0 Å². The number of hydrogen-bond donors (Lipinski definition) is 3. The lowest BCUT2D eigenvalue weighted by Crippen LogP contribution is -2.56. The summed E-state index contributed by atoms with van der Waals surface area (Å²) in [5, 5.41) is 14.7. The van der Waals surface area contributed by atoms with Gasteiger partial charge < -0.3 is 15.7 Å². The first-order valence-corrected chi connectivity index (χ1v) is 5.64. The summed E-state index contributed by atoms with van der Waals surface area (Å²) in [4.78, 5) is 22.7. The third-order valence-electron chi connectivity index (χ3n) is 2.91. The third-order valence-corrected chi connectivity index (χ3v) is 2.91. The standard InChI is InChI=1S/C11H20N2O3/c1-7(2)12-6-9(14)13-11(3,10(15)16)8-4-5-8/h7-8,12H,4-6H2,1-3H3,(H,13,14)(H,15,16). The van der Waals surface area contributed by atoms with Crippen LogP contribution in [0.25, 0.3) is 0 Å². The van der Waals surface area contributed by atoms with Gasteiger partial charge in [-0.15, -0.1) is 0 Å². The van der Waals surface area contributed by atoms with E-state index in [4.69, 9.17) is 5.11 Å². The molecule has 0 aliphatic heterocycles. The van der Waals surface area contributed by atoms with Crippen molar-refractivity contribution in [3.05, 3.63) is 0 Å². The summed E-state index contributed by atoms with van der Waals surface area (Å²) < 4.78 is 0. The summed E-state index contributed by atoms with van der Waals surface area (Å²) in [5.41, 5.74) is -1.10. The Morgan fingerprint density at radius 2 is 2.00 bits per heavy atom. The van der Waals surface area contributed by atoms with E-state index in [0.29, 0.717) is 0 Å². The molecule has 3 N–H and O–H groups in total. The summed E-state index contributed by atoms with van der Waals surface area (Å²) >= 11 is 0. The highest BCUT2D eigenvalue weighted by molar-refractivity contribution is 5.88. The molecule has 1 fully saturated rings. The Morgan fingerprint density at radius 1 is 1.44 bits per heavy atom. The van der Waals surface area contributed by atoms with E-state index in [1.165, 1.54) is 0 Å². The van der Waals surface area contributed by atoms with Gasteiger partial charge >= 0.3 is 5.97 Å². The summed E-state index contributed by atoms with van der Waals surface area (Å²) in [7, 11) is 0. The minimum atomic E-state index is -1.10. The Labute approximate surface area is 95.6 Å². The molecule has 0 aromatic heterocycles. The molecule has 1 rings (SSSR count). The molecule has 1 amide bonds. The van der Waals surface area contributed by atoms with E-state index < -0.39 is 11.5 Å². The van der Waals surface area contributed by atoms with E-state index in [0.717, 1.165) is 12.8 Å². The number of nitrogens with one attached hydrogen (secondary N) is 2. The van der Waals surface area contributed by atoms with Crippen LogP contribution in [0.4, 0.5) is 0 Å². The molecule has 0 spiro atoms. The molecular weight excluding hydrogens is 208 g/mol. The predicted molar refractivity (Wildman–Crippen MR) is 60.0 cm³/mol. The molecule has 0 aromatic rings. The molecule has 1 unspecified atom stereocenters. The van der Waals surface area contributed by atoms with Gasteiger partial charge in [-0.25, -0.2) is 4.79 Å². The van der Waals surface area contributed by atoms with Gasteiger partial charge in [0.15, 0.2) is 0 Å². The topological polar surface area (TPSA) is 78.4 Å². The second-order valence-corrected chi connectivity index (χ2v) is 4.87. The summed E-state index contributed by atoms with van der Waals surface area (Å²) in [6.07, 6.45) is 1.75. The van der Waals surface area contributed by atoms with Crippen LogP contribution in [0.5, 0.6) is 0 Å². The maximum Gasteiger partial charge on any atom is 0.329 e. The molecule has 1 aliphatic rings. The highest BCUT2D eigenvalue weighted by Gasteiger charge is 2.48. The Morgan fingerprint density at radius 3 is 2.38 bits per heavy atom. The number of carboxylic acid groups (broad SMARTS) is 1. The largest absolute Gasteiger partial charge is 0.480 e. The maximum absolute atomic E-state index is 11.6. The lowest BCUT2D eigenvalue weighted by molar-refractivity contribution is -0.147. The Bertz CT molecular complexity index is 287. The second-order valence-electron chi connectivity index (χ2n) is 4.87. The zero-order chi connectivity index (χ0) is 12.3. The van der Waals surface area contributed by atoms with Crippen LogP contribution in [0.3, 0.4) is 0 Å². The number of aliphatic carboxylic acids is 1. The fraction of sp³-hybridized carbons (Fsp3) is 0.818. The molecule has 0 aromatic carbocycles. The Kier molecular flexibility index (Phi) is 3.91. The van der Waals surface area contributed by atoms with E-state index in [1.807, 2.05) is 13.8 Å². The van der Waals surface area contributed by atoms with E-state index in [2.05, 4.69) is 10.6 Å². The van der Waals surface area contributed by atoms with Gasteiger partial charge in [0.25, 0.3) is 0 Å². The minimum absolute atomic E-state index is 0.0769. The van der Waals surface area contributed by atoms with Crippen LogP contribution in [0.2, 0.25) is 0 Å². The van der Waals surface area contributed by atoms with Crippen LogP contribution in [-0.4, -0.2) is 35.1 Å². The van der Waals surface area contributed by atoms with E-state index in [9.17, 15) is 9.59 Å². The molecule has 1 atom stereocenters. The quantitative estimate of drug-likeness (QED) is 0.613. The van der Waals surface area contributed by atoms with Crippen LogP contribution in [0.1, 0.15) is 33.6 Å². The van der Waals surface area contributed by atoms with E-state index in [1.54, 1.807) is 6.92 Å². The van der Waals surface area contributed by atoms with Crippen molar-refractivity contribution in [3.63, 3.8) is 0 Å². The number of hydrogen-bond acceptors (Lipinski definition) is 3. The van der Waals surface area contributed by atoms with Crippen molar-refractivity contribution in [2.75, 3.05) is 6.54 Å². The number of carbonyl (C=O) groups is 2. The van der Waals surface area contributed by atoms with Crippen molar-refractivity contribution < 1.29 is 14.7 Å². The number of rotatable bonds is 6. The van der Waals surface area contributed by atoms with Crippen molar-refractivity contribution in [1.82, 2.24) is 10.6 Å². The molecule has 0 heterocycles. The molecule has 0 saturated heterocycles. The third kappa shape index (κ3) is 3.20. The zero-order valence-corrected chi connectivity index (χ0v) is 10.0. The number of amides is 1. The van der Waals surface area contributed by atoms with Crippen molar-refractivity contribution in [2.24, 2.45) is 5.92 Å². The van der Waals surface area contributed by atoms with Gasteiger partial charge in [-0.1, -0.05) is 13.8 Å². The number of carbonyl (C=O) groups excluding carboxylic acids is 1. The molecule has 0 radical (unpaired) electrons. The first-order chi connectivity index (χ1) is 7.36.